The number of carbonyl (C=O) groups is 3. The number of rotatable bonds is 5. The fourth-order valence-electron chi connectivity index (χ4n) is 2.99. The Balaban J connectivity index is 1.85. The summed E-state index contributed by atoms with van der Waals surface area (Å²) in [4.78, 5) is 37.4. The highest BCUT2D eigenvalue weighted by Crippen LogP contribution is 2.34. The smallest absolute Gasteiger partial charge is 0.335 e. The molecule has 1 atom stereocenters. The zero-order valence-electron chi connectivity index (χ0n) is 14.5. The van der Waals surface area contributed by atoms with Crippen LogP contribution in [0, 0.1) is 0 Å². The third-order valence-electron chi connectivity index (χ3n) is 4.15. The number of carbonyl (C=O) groups excluding carboxylic acids is 2. The quantitative estimate of drug-likeness (QED) is 0.835. The third-order valence-corrected chi connectivity index (χ3v) is 4.15. The molecule has 0 aliphatic carbocycles. The Morgan fingerprint density at radius 3 is 2.46 bits per heavy atom. The van der Waals surface area contributed by atoms with Crippen LogP contribution in [0.1, 0.15) is 42.1 Å². The molecule has 1 aliphatic heterocycles. The van der Waals surface area contributed by atoms with Gasteiger partial charge in [-0.25, -0.2) is 9.69 Å². The first-order valence-electron chi connectivity index (χ1n) is 8.33. The lowest BCUT2D eigenvalue weighted by molar-refractivity contribution is -0.121. The lowest BCUT2D eigenvalue weighted by atomic mass is 9.97. The van der Waals surface area contributed by atoms with Gasteiger partial charge in [-0.15, -0.1) is 0 Å². The highest BCUT2D eigenvalue weighted by molar-refractivity contribution is 6.22. The third kappa shape index (κ3) is 3.44. The highest BCUT2D eigenvalue weighted by atomic mass is 16.5. The second kappa shape index (κ2) is 7.00. The Hall–Kier alpha value is -3.15. The molecule has 1 saturated heterocycles. The van der Waals surface area contributed by atoms with Gasteiger partial charge in [-0.2, -0.15) is 0 Å². The molecule has 0 aromatic heterocycles. The summed E-state index contributed by atoms with van der Waals surface area (Å²) in [6, 6.07) is 13.0. The molecule has 0 saturated carbocycles. The minimum Gasteiger partial charge on any atom is -0.491 e. The first kappa shape index (κ1) is 17.7. The standard InChI is InChI=1S/C20H19NO5/c1-12(2)26-16-8-6-13(7-9-16)17-11-18(22)21(19(17)23)15-5-3-4-14(10-15)20(24)25/h3-10,12,17H,11H2,1-2H3,(H,24,25)/t17-/m1/s1. The summed E-state index contributed by atoms with van der Waals surface area (Å²) in [6.45, 7) is 3.85. The Morgan fingerprint density at radius 1 is 1.15 bits per heavy atom. The van der Waals surface area contributed by atoms with Crippen LogP contribution in [0.25, 0.3) is 0 Å². The maximum Gasteiger partial charge on any atom is 0.335 e. The summed E-state index contributed by atoms with van der Waals surface area (Å²) < 4.78 is 5.59. The van der Waals surface area contributed by atoms with Gasteiger partial charge in [0.1, 0.15) is 5.75 Å². The highest BCUT2D eigenvalue weighted by Gasteiger charge is 2.40. The van der Waals surface area contributed by atoms with Crippen LogP contribution in [0.5, 0.6) is 5.75 Å². The Bertz CT molecular complexity index is 857. The summed E-state index contributed by atoms with van der Waals surface area (Å²) in [5.41, 5.74) is 1.04. The van der Waals surface area contributed by atoms with E-state index in [1.807, 2.05) is 13.8 Å². The molecule has 1 aliphatic rings. The number of imide groups is 1. The minimum atomic E-state index is -1.11. The molecule has 2 amide bonds. The number of carboxylic acids is 1. The van der Waals surface area contributed by atoms with E-state index in [2.05, 4.69) is 0 Å². The Kier molecular flexibility index (Phi) is 4.75. The summed E-state index contributed by atoms with van der Waals surface area (Å²) in [5, 5.41) is 9.10. The van der Waals surface area contributed by atoms with Gasteiger partial charge < -0.3 is 9.84 Å². The van der Waals surface area contributed by atoms with E-state index in [-0.39, 0.29) is 35.6 Å². The predicted octanol–water partition coefficient (Wildman–Crippen LogP) is 3.22. The molecular weight excluding hydrogens is 334 g/mol. The number of benzene rings is 2. The van der Waals surface area contributed by atoms with Gasteiger partial charge in [0.2, 0.25) is 11.8 Å². The number of nitrogens with zero attached hydrogens (tertiary/aromatic N) is 1. The van der Waals surface area contributed by atoms with Gasteiger partial charge in [-0.3, -0.25) is 9.59 Å². The summed E-state index contributed by atoms with van der Waals surface area (Å²) in [5.74, 6) is -1.68. The maximum atomic E-state index is 12.8. The number of carboxylic acid groups (broad SMARTS) is 1. The van der Waals surface area contributed by atoms with Gasteiger partial charge in [0, 0.05) is 6.42 Å². The number of hydrogen-bond acceptors (Lipinski definition) is 4. The number of amides is 2. The van der Waals surface area contributed by atoms with Crippen molar-refractivity contribution in [1.82, 2.24) is 0 Å². The van der Waals surface area contributed by atoms with Gasteiger partial charge >= 0.3 is 5.97 Å². The van der Waals surface area contributed by atoms with Gasteiger partial charge in [0.05, 0.1) is 23.3 Å². The largest absolute Gasteiger partial charge is 0.491 e. The van der Waals surface area contributed by atoms with Gasteiger partial charge in [-0.1, -0.05) is 18.2 Å². The van der Waals surface area contributed by atoms with Crippen LogP contribution in [0.4, 0.5) is 5.69 Å². The van der Waals surface area contributed by atoms with Crippen molar-refractivity contribution in [2.45, 2.75) is 32.3 Å². The topological polar surface area (TPSA) is 83.9 Å². The van der Waals surface area contributed by atoms with Crippen molar-refractivity contribution >= 4 is 23.5 Å². The zero-order valence-corrected chi connectivity index (χ0v) is 14.5. The fraction of sp³-hybridized carbons (Fsp3) is 0.250. The molecule has 2 aromatic carbocycles. The average Bonchev–Trinajstić information content (AvgIpc) is 2.89. The monoisotopic (exact) mass is 353 g/mol. The molecule has 3 rings (SSSR count). The van der Waals surface area contributed by atoms with Crippen LogP contribution in [0.15, 0.2) is 48.5 Å². The van der Waals surface area contributed by atoms with E-state index in [9.17, 15) is 14.4 Å². The molecule has 6 nitrogen and oxygen atoms in total. The van der Waals surface area contributed by atoms with Crippen molar-refractivity contribution in [2.24, 2.45) is 0 Å². The molecule has 0 spiro atoms. The number of ether oxygens (including phenoxy) is 1. The Labute approximate surface area is 151 Å². The second-order valence-electron chi connectivity index (χ2n) is 6.42. The van der Waals surface area contributed by atoms with E-state index in [0.717, 1.165) is 10.5 Å². The number of anilines is 1. The molecular formula is C20H19NO5. The van der Waals surface area contributed by atoms with Crippen molar-refractivity contribution in [1.29, 1.82) is 0 Å². The average molecular weight is 353 g/mol. The van der Waals surface area contributed by atoms with Crippen molar-refractivity contribution in [3.8, 4) is 5.75 Å². The molecule has 6 heteroatoms. The van der Waals surface area contributed by atoms with Crippen LogP contribution >= 0.6 is 0 Å². The molecule has 1 fully saturated rings. The molecule has 1 N–H and O–H groups in total. The normalized spacial score (nSPS) is 17.0. The molecule has 26 heavy (non-hydrogen) atoms. The minimum absolute atomic E-state index is 0.0294. The first-order valence-corrected chi connectivity index (χ1v) is 8.33. The van der Waals surface area contributed by atoms with E-state index in [1.165, 1.54) is 18.2 Å². The molecule has 0 bridgehead atoms. The van der Waals surface area contributed by atoms with Crippen molar-refractivity contribution in [3.63, 3.8) is 0 Å². The van der Waals surface area contributed by atoms with Gasteiger partial charge in [-0.05, 0) is 49.7 Å². The van der Waals surface area contributed by atoms with E-state index < -0.39 is 11.9 Å². The first-order chi connectivity index (χ1) is 12.4. The molecule has 2 aromatic rings. The van der Waals surface area contributed by atoms with E-state index >= 15 is 0 Å². The lowest BCUT2D eigenvalue weighted by Crippen LogP contribution is -2.30. The van der Waals surface area contributed by atoms with E-state index in [4.69, 9.17) is 9.84 Å². The van der Waals surface area contributed by atoms with Crippen LogP contribution in [-0.4, -0.2) is 29.0 Å². The van der Waals surface area contributed by atoms with Crippen molar-refractivity contribution < 1.29 is 24.2 Å². The lowest BCUT2D eigenvalue weighted by Gasteiger charge is -2.16. The summed E-state index contributed by atoms with van der Waals surface area (Å²) in [7, 11) is 0. The SMILES string of the molecule is CC(C)Oc1ccc([C@H]2CC(=O)N(c3cccc(C(=O)O)c3)C2=O)cc1. The van der Waals surface area contributed by atoms with Crippen LogP contribution < -0.4 is 9.64 Å². The van der Waals surface area contributed by atoms with Gasteiger partial charge in [0.25, 0.3) is 0 Å². The fourth-order valence-corrected chi connectivity index (χ4v) is 2.99. The molecule has 1 heterocycles. The second-order valence-corrected chi connectivity index (χ2v) is 6.42. The number of aromatic carboxylic acids is 1. The van der Waals surface area contributed by atoms with E-state index in [0.29, 0.717) is 5.75 Å². The predicted molar refractivity (Wildman–Crippen MR) is 95.5 cm³/mol. The summed E-state index contributed by atoms with van der Waals surface area (Å²) >= 11 is 0. The van der Waals surface area contributed by atoms with Crippen LogP contribution in [-0.2, 0) is 9.59 Å². The maximum absolute atomic E-state index is 12.8. The van der Waals surface area contributed by atoms with Crippen LogP contribution in [0.3, 0.4) is 0 Å². The Morgan fingerprint density at radius 2 is 1.85 bits per heavy atom. The van der Waals surface area contributed by atoms with Crippen molar-refractivity contribution in [3.05, 3.63) is 59.7 Å². The molecule has 0 unspecified atom stereocenters. The van der Waals surface area contributed by atoms with Gasteiger partial charge in [0.15, 0.2) is 0 Å². The number of hydrogen-bond donors (Lipinski definition) is 1. The van der Waals surface area contributed by atoms with Crippen molar-refractivity contribution in [2.75, 3.05) is 4.90 Å². The summed E-state index contributed by atoms with van der Waals surface area (Å²) in [6.07, 6.45) is 0.105. The van der Waals surface area contributed by atoms with Crippen LogP contribution in [0.2, 0.25) is 0 Å². The zero-order chi connectivity index (χ0) is 18.8. The molecule has 0 radical (unpaired) electrons. The molecule has 134 valence electrons. The van der Waals surface area contributed by atoms with E-state index in [1.54, 1.807) is 30.3 Å².